The van der Waals surface area contributed by atoms with Crippen molar-refractivity contribution >= 4 is 0 Å². The lowest BCUT2D eigenvalue weighted by atomic mass is 9.71. The van der Waals surface area contributed by atoms with Crippen LogP contribution in [-0.4, -0.2) is 35.8 Å². The van der Waals surface area contributed by atoms with E-state index in [1.807, 2.05) is 13.8 Å². The number of hydrogen-bond donors (Lipinski definition) is 1. The Morgan fingerprint density at radius 1 is 1.04 bits per heavy atom. The number of rotatable bonds is 3. The van der Waals surface area contributed by atoms with Crippen LogP contribution in [0.25, 0.3) is 0 Å². The Balaban J connectivity index is 2.32. The van der Waals surface area contributed by atoms with Gasteiger partial charge in [0.15, 0.2) is 17.4 Å². The van der Waals surface area contributed by atoms with Gasteiger partial charge in [0, 0.05) is 30.6 Å². The normalized spacial score (nSPS) is 24.7. The average molecular weight is 335 g/mol. The minimum absolute atomic E-state index is 0.283. The van der Waals surface area contributed by atoms with Crippen LogP contribution in [0.5, 0.6) is 5.75 Å². The Kier molecular flexibility index (Phi) is 4.65. The first-order valence-corrected chi connectivity index (χ1v) is 7.35. The average Bonchev–Trinajstić information content (AvgIpc) is 2.46. The Morgan fingerprint density at radius 2 is 1.57 bits per heavy atom. The monoisotopic (exact) mass is 335 g/mol. The van der Waals surface area contributed by atoms with Crippen LogP contribution in [0.4, 0.5) is 17.6 Å². The largest absolute Gasteiger partial charge is 0.491 e. The quantitative estimate of drug-likeness (QED) is 0.680. The van der Waals surface area contributed by atoms with Crippen LogP contribution in [0.3, 0.4) is 0 Å². The molecule has 0 unspecified atom stereocenters. The molecule has 0 spiro atoms. The van der Waals surface area contributed by atoms with Crippen molar-refractivity contribution in [3.8, 4) is 5.75 Å². The summed E-state index contributed by atoms with van der Waals surface area (Å²) in [6.07, 6.45) is 0.393. The number of likely N-dealkylation sites (tertiary alicyclic amines) is 1. The van der Waals surface area contributed by atoms with Gasteiger partial charge in [0.05, 0.1) is 12.7 Å². The molecule has 130 valence electrons. The summed E-state index contributed by atoms with van der Waals surface area (Å²) in [5.41, 5.74) is -2.11. The molecule has 1 N–H and O–H groups in total. The van der Waals surface area contributed by atoms with Gasteiger partial charge in [-0.3, -0.25) is 4.90 Å². The predicted molar refractivity (Wildman–Crippen MR) is 77.1 cm³/mol. The van der Waals surface area contributed by atoms with Crippen molar-refractivity contribution in [2.45, 2.75) is 39.3 Å². The van der Waals surface area contributed by atoms with Crippen LogP contribution in [0.15, 0.2) is 0 Å². The third-order valence-electron chi connectivity index (χ3n) is 4.89. The number of halogens is 4. The maximum absolute atomic E-state index is 14.1. The van der Waals surface area contributed by atoms with Crippen LogP contribution in [0.2, 0.25) is 0 Å². The molecule has 23 heavy (non-hydrogen) atoms. The van der Waals surface area contributed by atoms with Gasteiger partial charge in [-0.25, -0.2) is 8.78 Å². The van der Waals surface area contributed by atoms with E-state index < -0.39 is 45.6 Å². The number of hydrogen-bond acceptors (Lipinski definition) is 3. The van der Waals surface area contributed by atoms with E-state index in [0.717, 1.165) is 7.11 Å². The molecule has 0 aliphatic carbocycles. The van der Waals surface area contributed by atoms with Gasteiger partial charge in [-0.1, -0.05) is 13.8 Å². The first-order valence-electron chi connectivity index (χ1n) is 7.35. The number of nitrogens with zero attached hydrogens (tertiary/aromatic N) is 1. The molecule has 1 saturated heterocycles. The van der Waals surface area contributed by atoms with E-state index in [4.69, 9.17) is 0 Å². The lowest BCUT2D eigenvalue weighted by molar-refractivity contribution is -0.107. The van der Waals surface area contributed by atoms with Gasteiger partial charge in [-0.15, -0.1) is 0 Å². The molecule has 1 aromatic rings. The summed E-state index contributed by atoms with van der Waals surface area (Å²) in [6, 6.07) is 0. The van der Waals surface area contributed by atoms with Gasteiger partial charge < -0.3 is 9.84 Å². The number of aliphatic hydroxyl groups is 1. The Hall–Kier alpha value is -1.34. The first kappa shape index (κ1) is 18.0. The van der Waals surface area contributed by atoms with E-state index >= 15 is 0 Å². The van der Waals surface area contributed by atoms with Gasteiger partial charge in [0.25, 0.3) is 0 Å². The molecule has 1 aliphatic rings. The second-order valence-electron chi connectivity index (χ2n) is 6.89. The molecular formula is C16H21F4NO2. The molecule has 0 saturated carbocycles. The number of piperidine rings is 1. The van der Waals surface area contributed by atoms with Crippen LogP contribution in [-0.2, 0) is 6.54 Å². The van der Waals surface area contributed by atoms with Crippen molar-refractivity contribution < 1.29 is 27.4 Å². The van der Waals surface area contributed by atoms with Crippen LogP contribution in [0.1, 0.15) is 32.8 Å². The predicted octanol–water partition coefficient (Wildman–Crippen LogP) is 3.23. The zero-order chi connectivity index (χ0) is 17.6. The summed E-state index contributed by atoms with van der Waals surface area (Å²) in [5.74, 6) is -7.04. The van der Waals surface area contributed by atoms with E-state index in [1.165, 1.54) is 0 Å². The minimum Gasteiger partial charge on any atom is -0.491 e. The summed E-state index contributed by atoms with van der Waals surface area (Å²) in [5, 5.41) is 10.3. The van der Waals surface area contributed by atoms with Crippen molar-refractivity contribution in [2.75, 3.05) is 20.2 Å². The summed E-state index contributed by atoms with van der Waals surface area (Å²) in [4.78, 5) is 1.67. The number of methoxy groups -OCH3 is 1. The highest BCUT2D eigenvalue weighted by molar-refractivity contribution is 5.34. The van der Waals surface area contributed by atoms with Gasteiger partial charge in [0.2, 0.25) is 11.6 Å². The topological polar surface area (TPSA) is 32.7 Å². The molecular weight excluding hydrogens is 314 g/mol. The first-order chi connectivity index (χ1) is 10.5. The van der Waals surface area contributed by atoms with Crippen LogP contribution in [0, 0.1) is 28.7 Å². The smallest absolute Gasteiger partial charge is 0.204 e. The molecule has 0 radical (unpaired) electrons. The Bertz CT molecular complexity index is 588. The molecule has 0 aromatic heterocycles. The number of ether oxygens (including phenoxy) is 1. The highest BCUT2D eigenvalue weighted by Gasteiger charge is 2.44. The van der Waals surface area contributed by atoms with E-state index in [2.05, 4.69) is 4.74 Å². The molecule has 7 heteroatoms. The highest BCUT2D eigenvalue weighted by Crippen LogP contribution is 2.39. The molecule has 3 nitrogen and oxygen atoms in total. The highest BCUT2D eigenvalue weighted by atomic mass is 19.2. The molecule has 0 bridgehead atoms. The second kappa shape index (κ2) is 5.94. The Morgan fingerprint density at radius 3 is 2.00 bits per heavy atom. The van der Waals surface area contributed by atoms with Crippen molar-refractivity contribution in [3.05, 3.63) is 28.8 Å². The van der Waals surface area contributed by atoms with Gasteiger partial charge in [-0.05, 0) is 13.3 Å². The molecule has 1 heterocycles. The molecule has 1 fully saturated rings. The second-order valence-corrected chi connectivity index (χ2v) is 6.89. The third kappa shape index (κ3) is 3.04. The maximum atomic E-state index is 14.1. The molecule has 1 atom stereocenters. The van der Waals surface area contributed by atoms with E-state index in [-0.39, 0.29) is 6.54 Å². The maximum Gasteiger partial charge on any atom is 0.204 e. The third-order valence-corrected chi connectivity index (χ3v) is 4.89. The summed E-state index contributed by atoms with van der Waals surface area (Å²) >= 11 is 0. The zero-order valence-electron chi connectivity index (χ0n) is 13.6. The van der Waals surface area contributed by atoms with Crippen molar-refractivity contribution in [1.29, 1.82) is 0 Å². The Labute approximate surface area is 132 Å². The van der Waals surface area contributed by atoms with Crippen LogP contribution >= 0.6 is 0 Å². The lowest BCUT2D eigenvalue weighted by Gasteiger charge is -2.48. The fraction of sp³-hybridized carbons (Fsp3) is 0.625. The SMILES string of the molecule is COc1c(F)c(F)c(CN2CC[C@@](C)(O)C(C)(C)C2)c(F)c1F. The van der Waals surface area contributed by atoms with Crippen molar-refractivity contribution in [3.63, 3.8) is 0 Å². The summed E-state index contributed by atoms with van der Waals surface area (Å²) in [6.45, 7) is 5.80. The standard InChI is InChI=1S/C16H21F4NO2/c1-15(2)8-21(6-5-16(15,3)22)7-9-10(17)12(19)14(23-4)13(20)11(9)18/h22H,5-8H2,1-4H3/t16-/m1/s1. The molecule has 1 aromatic carbocycles. The van der Waals surface area contributed by atoms with Crippen molar-refractivity contribution in [1.82, 2.24) is 4.90 Å². The van der Waals surface area contributed by atoms with Gasteiger partial charge >= 0.3 is 0 Å². The fourth-order valence-corrected chi connectivity index (χ4v) is 2.86. The fourth-order valence-electron chi connectivity index (χ4n) is 2.86. The summed E-state index contributed by atoms with van der Waals surface area (Å²) in [7, 11) is 0.940. The van der Waals surface area contributed by atoms with Gasteiger partial charge in [0.1, 0.15) is 0 Å². The molecule has 2 rings (SSSR count). The molecule has 0 amide bonds. The van der Waals surface area contributed by atoms with E-state index in [0.29, 0.717) is 19.5 Å². The van der Waals surface area contributed by atoms with Crippen LogP contribution < -0.4 is 4.74 Å². The van der Waals surface area contributed by atoms with E-state index in [1.54, 1.807) is 11.8 Å². The minimum atomic E-state index is -1.54. The molecule has 1 aliphatic heterocycles. The lowest BCUT2D eigenvalue weighted by Crippen LogP contribution is -2.55. The van der Waals surface area contributed by atoms with Crippen molar-refractivity contribution in [2.24, 2.45) is 5.41 Å². The van der Waals surface area contributed by atoms with Gasteiger partial charge in [-0.2, -0.15) is 8.78 Å². The van der Waals surface area contributed by atoms with E-state index in [9.17, 15) is 22.7 Å². The summed E-state index contributed by atoms with van der Waals surface area (Å²) < 4.78 is 60.0. The zero-order valence-corrected chi connectivity index (χ0v) is 13.6. The number of benzene rings is 1.